The molecule has 1 aromatic carbocycles. The molecule has 0 spiro atoms. The molecule has 0 aromatic heterocycles. The molecule has 1 aromatic rings. The van der Waals surface area contributed by atoms with Crippen LogP contribution in [0, 0.1) is 11.6 Å². The zero-order chi connectivity index (χ0) is 15.8. The first-order valence-corrected chi connectivity index (χ1v) is 7.66. The lowest BCUT2D eigenvalue weighted by atomic mass is 10.3. The Hall–Kier alpha value is -1.74. The number of sulfonamides is 1. The number of likely N-dealkylation sites (N-methyl/N-ethyl adjacent to an activating group) is 1. The molecular formula is C12H15F2N3O3S. The zero-order valence-corrected chi connectivity index (χ0v) is 12.2. The van der Waals surface area contributed by atoms with Crippen LogP contribution >= 0.6 is 0 Å². The number of nitrogens with two attached hydrogens (primary N) is 1. The molecule has 1 aliphatic heterocycles. The van der Waals surface area contributed by atoms with Crippen LogP contribution in [0.1, 0.15) is 6.42 Å². The lowest BCUT2D eigenvalue weighted by molar-refractivity contribution is -0.129. The van der Waals surface area contributed by atoms with E-state index in [9.17, 15) is 22.0 Å². The molecule has 0 atom stereocenters. The molecule has 6 nitrogen and oxygen atoms in total. The van der Waals surface area contributed by atoms with Gasteiger partial charge in [-0.25, -0.2) is 17.2 Å². The number of amides is 1. The number of nitrogens with zero attached hydrogens (tertiary/aromatic N) is 2. The third-order valence-electron chi connectivity index (χ3n) is 3.26. The number of rotatable bonds is 2. The van der Waals surface area contributed by atoms with E-state index < -0.39 is 39.0 Å². The quantitative estimate of drug-likeness (QED) is 0.800. The molecule has 0 unspecified atom stereocenters. The molecule has 0 bridgehead atoms. The number of nitrogen functional groups attached to an aromatic ring is 1. The van der Waals surface area contributed by atoms with Gasteiger partial charge in [0.05, 0.1) is 6.54 Å². The molecule has 0 radical (unpaired) electrons. The van der Waals surface area contributed by atoms with Crippen molar-refractivity contribution < 1.29 is 22.0 Å². The van der Waals surface area contributed by atoms with Gasteiger partial charge in [0.2, 0.25) is 15.9 Å². The van der Waals surface area contributed by atoms with Crippen molar-refractivity contribution in [2.24, 2.45) is 0 Å². The van der Waals surface area contributed by atoms with Crippen molar-refractivity contribution in [1.29, 1.82) is 0 Å². The Balaban J connectivity index is 2.45. The van der Waals surface area contributed by atoms with E-state index in [-0.39, 0.29) is 12.2 Å². The van der Waals surface area contributed by atoms with Gasteiger partial charge >= 0.3 is 0 Å². The highest BCUT2D eigenvalue weighted by Gasteiger charge is 2.34. The molecule has 1 heterocycles. The van der Waals surface area contributed by atoms with Crippen LogP contribution in [0.4, 0.5) is 14.5 Å². The second-order valence-electron chi connectivity index (χ2n) is 4.82. The summed E-state index contributed by atoms with van der Waals surface area (Å²) in [6.07, 6.45) is 0.389. The minimum atomic E-state index is -4.44. The third kappa shape index (κ3) is 2.98. The Morgan fingerprint density at radius 3 is 2.33 bits per heavy atom. The molecular weight excluding hydrogens is 304 g/mol. The third-order valence-corrected chi connectivity index (χ3v) is 5.15. The molecule has 2 rings (SSSR count). The van der Waals surface area contributed by atoms with Crippen LogP contribution in [-0.4, -0.2) is 50.2 Å². The van der Waals surface area contributed by atoms with E-state index >= 15 is 0 Å². The van der Waals surface area contributed by atoms with Crippen molar-refractivity contribution in [3.8, 4) is 0 Å². The van der Waals surface area contributed by atoms with Crippen LogP contribution in [0.3, 0.4) is 0 Å². The van der Waals surface area contributed by atoms with Crippen molar-refractivity contribution >= 4 is 21.6 Å². The fraction of sp³-hybridized carbons (Fsp3) is 0.417. The van der Waals surface area contributed by atoms with Crippen LogP contribution in [0.25, 0.3) is 0 Å². The van der Waals surface area contributed by atoms with E-state index in [1.807, 2.05) is 0 Å². The highest BCUT2D eigenvalue weighted by Crippen LogP contribution is 2.25. The van der Waals surface area contributed by atoms with Crippen LogP contribution in [0.15, 0.2) is 17.0 Å². The van der Waals surface area contributed by atoms with Gasteiger partial charge in [-0.05, 0) is 18.6 Å². The van der Waals surface area contributed by atoms with Crippen LogP contribution < -0.4 is 5.73 Å². The van der Waals surface area contributed by atoms with Gasteiger partial charge in [-0.15, -0.1) is 0 Å². The molecule has 1 amide bonds. The highest BCUT2D eigenvalue weighted by molar-refractivity contribution is 7.89. The van der Waals surface area contributed by atoms with Gasteiger partial charge in [0.25, 0.3) is 0 Å². The first-order valence-electron chi connectivity index (χ1n) is 6.22. The standard InChI is InChI=1S/C12H15F2N3O3S/c1-16-3-2-4-17(7-11(16)18)21(19,20)12-9(13)5-8(15)6-10(12)14/h5-6H,2-4,7,15H2,1H3. The van der Waals surface area contributed by atoms with Crippen molar-refractivity contribution in [3.05, 3.63) is 23.8 Å². The maximum Gasteiger partial charge on any atom is 0.249 e. The zero-order valence-electron chi connectivity index (χ0n) is 11.3. The van der Waals surface area contributed by atoms with Crippen LogP contribution in [0.2, 0.25) is 0 Å². The maximum absolute atomic E-state index is 13.8. The molecule has 21 heavy (non-hydrogen) atoms. The van der Waals surface area contributed by atoms with Crippen LogP contribution in [-0.2, 0) is 14.8 Å². The minimum Gasteiger partial charge on any atom is -0.399 e. The van der Waals surface area contributed by atoms with Gasteiger partial charge in [0.15, 0.2) is 4.90 Å². The van der Waals surface area contributed by atoms with E-state index in [0.717, 1.165) is 16.4 Å². The maximum atomic E-state index is 13.8. The monoisotopic (exact) mass is 319 g/mol. The Bertz CT molecular complexity index is 655. The molecule has 1 saturated heterocycles. The number of hydrogen-bond acceptors (Lipinski definition) is 4. The van der Waals surface area contributed by atoms with Gasteiger partial charge in [-0.2, -0.15) is 4.31 Å². The summed E-state index contributed by atoms with van der Waals surface area (Å²) >= 11 is 0. The normalized spacial score (nSPS) is 17.9. The van der Waals surface area contributed by atoms with E-state index in [2.05, 4.69) is 0 Å². The topological polar surface area (TPSA) is 83.7 Å². The number of anilines is 1. The van der Waals surface area contributed by atoms with Crippen molar-refractivity contribution in [1.82, 2.24) is 9.21 Å². The molecule has 2 N–H and O–H groups in total. The average Bonchev–Trinajstić information content (AvgIpc) is 2.50. The van der Waals surface area contributed by atoms with E-state index in [0.29, 0.717) is 13.0 Å². The Morgan fingerprint density at radius 2 is 1.76 bits per heavy atom. The summed E-state index contributed by atoms with van der Waals surface area (Å²) in [5, 5.41) is 0. The summed E-state index contributed by atoms with van der Waals surface area (Å²) in [5.41, 5.74) is 5.05. The predicted octanol–water partition coefficient (Wildman–Crippen LogP) is 0.400. The number of carbonyl (C=O) groups excluding carboxylic acids is 1. The Morgan fingerprint density at radius 1 is 1.19 bits per heavy atom. The molecule has 1 aliphatic rings. The first kappa shape index (κ1) is 15.6. The molecule has 1 fully saturated rings. The number of halogens is 2. The van der Waals surface area contributed by atoms with Crippen molar-refractivity contribution in [3.63, 3.8) is 0 Å². The fourth-order valence-corrected chi connectivity index (χ4v) is 3.64. The summed E-state index contributed by atoms with van der Waals surface area (Å²) in [6, 6.07) is 1.48. The fourth-order valence-electron chi connectivity index (χ4n) is 2.12. The predicted molar refractivity (Wildman–Crippen MR) is 71.8 cm³/mol. The largest absolute Gasteiger partial charge is 0.399 e. The molecule has 0 saturated carbocycles. The summed E-state index contributed by atoms with van der Waals surface area (Å²) < 4.78 is 53.2. The average molecular weight is 319 g/mol. The van der Waals surface area contributed by atoms with Crippen LogP contribution in [0.5, 0.6) is 0 Å². The SMILES string of the molecule is CN1CCCN(S(=O)(=O)c2c(F)cc(N)cc2F)CC1=O. The Labute approximate surface area is 121 Å². The van der Waals surface area contributed by atoms with E-state index in [4.69, 9.17) is 5.73 Å². The summed E-state index contributed by atoms with van der Waals surface area (Å²) in [5.74, 6) is -2.96. The van der Waals surface area contributed by atoms with Gasteiger partial charge in [0.1, 0.15) is 11.6 Å². The second kappa shape index (κ2) is 5.57. The second-order valence-corrected chi connectivity index (χ2v) is 6.70. The van der Waals surface area contributed by atoms with Crippen molar-refractivity contribution in [2.75, 3.05) is 32.4 Å². The van der Waals surface area contributed by atoms with Gasteiger partial charge in [-0.3, -0.25) is 4.79 Å². The smallest absolute Gasteiger partial charge is 0.249 e. The number of hydrogen-bond donors (Lipinski definition) is 1. The summed E-state index contributed by atoms with van der Waals surface area (Å²) in [6.45, 7) is -0.0404. The number of carbonyl (C=O) groups is 1. The lowest BCUT2D eigenvalue weighted by Crippen LogP contribution is -2.38. The lowest BCUT2D eigenvalue weighted by Gasteiger charge is -2.20. The molecule has 116 valence electrons. The molecule has 9 heteroatoms. The summed E-state index contributed by atoms with van der Waals surface area (Å²) in [4.78, 5) is 12.0. The Kier molecular flexibility index (Phi) is 4.15. The van der Waals surface area contributed by atoms with E-state index in [1.165, 1.54) is 4.90 Å². The molecule has 0 aliphatic carbocycles. The highest BCUT2D eigenvalue weighted by atomic mass is 32.2. The van der Waals surface area contributed by atoms with E-state index in [1.54, 1.807) is 7.05 Å². The first-order chi connectivity index (χ1) is 9.73. The van der Waals surface area contributed by atoms with Crippen molar-refractivity contribution in [2.45, 2.75) is 11.3 Å². The van der Waals surface area contributed by atoms with Gasteiger partial charge in [0, 0.05) is 25.8 Å². The van der Waals surface area contributed by atoms with Gasteiger partial charge in [-0.1, -0.05) is 0 Å². The summed E-state index contributed by atoms with van der Waals surface area (Å²) in [7, 11) is -2.90. The number of benzene rings is 1. The van der Waals surface area contributed by atoms with Gasteiger partial charge < -0.3 is 10.6 Å². The minimum absolute atomic E-state index is 0.0155.